The van der Waals surface area contributed by atoms with Crippen LogP contribution in [-0.2, 0) is 21.7 Å². The average molecular weight is 1940 g/mol. The van der Waals surface area contributed by atoms with E-state index in [0.717, 1.165) is 102 Å². The largest absolute Gasteiger partial charge is 0.457 e. The molecule has 150 heavy (non-hydrogen) atoms. The second-order valence-corrected chi connectivity index (χ2v) is 42.5. The molecule has 8 aliphatic rings. The van der Waals surface area contributed by atoms with Crippen molar-refractivity contribution in [3.63, 3.8) is 0 Å². The molecular formula is C144H90N2O2S2. The van der Waals surface area contributed by atoms with Crippen LogP contribution in [0.4, 0.5) is 34.1 Å². The van der Waals surface area contributed by atoms with E-state index >= 15 is 0 Å². The summed E-state index contributed by atoms with van der Waals surface area (Å²) in [4.78, 5) is 10.3. The van der Waals surface area contributed by atoms with Crippen molar-refractivity contribution in [2.75, 3.05) is 9.80 Å². The molecule has 4 heterocycles. The molecule has 6 heteroatoms. The fourth-order valence-corrected chi connectivity index (χ4v) is 29.6. The summed E-state index contributed by atoms with van der Waals surface area (Å²) in [5.74, 6) is 3.53. The Kier molecular flexibility index (Phi) is 19.3. The molecule has 32 rings (SSSR count). The lowest BCUT2D eigenvalue weighted by Gasteiger charge is -2.40. The second kappa shape index (κ2) is 33.6. The fourth-order valence-electron chi connectivity index (χ4n) is 27.2. The number of hydrogen-bond donors (Lipinski definition) is 0. The summed E-state index contributed by atoms with van der Waals surface area (Å²) in [5, 5.41) is 4.78. The van der Waals surface area contributed by atoms with Crippen molar-refractivity contribution in [1.82, 2.24) is 0 Å². The summed E-state index contributed by atoms with van der Waals surface area (Å²) < 4.78 is 13.6. The lowest BCUT2D eigenvalue weighted by Crippen LogP contribution is -2.32. The first-order valence-corrected chi connectivity index (χ1v) is 53.4. The minimum absolute atomic E-state index is 0.485. The maximum Gasteiger partial charge on any atom is 0.132 e. The van der Waals surface area contributed by atoms with Gasteiger partial charge in [-0.15, -0.1) is 0 Å². The molecule has 0 radical (unpaired) electrons. The Morgan fingerprint density at radius 1 is 0.153 bits per heavy atom. The smallest absolute Gasteiger partial charge is 0.132 e. The molecule has 0 unspecified atom stereocenters. The van der Waals surface area contributed by atoms with E-state index in [1.165, 1.54) is 175 Å². The van der Waals surface area contributed by atoms with Crippen LogP contribution in [0.25, 0.3) is 111 Å². The van der Waals surface area contributed by atoms with Crippen LogP contribution in [0.2, 0.25) is 0 Å². The minimum atomic E-state index is -0.636. The van der Waals surface area contributed by atoms with Gasteiger partial charge < -0.3 is 19.3 Å². The lowest BCUT2D eigenvalue weighted by atomic mass is 9.66. The van der Waals surface area contributed by atoms with E-state index in [0.29, 0.717) is 0 Å². The Bertz CT molecular complexity index is 9590. The molecule has 4 nitrogen and oxygen atoms in total. The number of nitrogens with zero attached hydrogens (tertiary/aromatic N) is 2. The second-order valence-electron chi connectivity index (χ2n) is 40.4. The van der Waals surface area contributed by atoms with Crippen LogP contribution in [0.15, 0.2) is 566 Å². The quantitative estimate of drug-likeness (QED) is 0.135. The zero-order chi connectivity index (χ0) is 98.5. The zero-order valence-corrected chi connectivity index (χ0v) is 83.1. The fraction of sp³-hybridized carbons (Fsp3) is 0.0278. The molecule has 0 aromatic heterocycles. The molecule has 0 bridgehead atoms. The summed E-state index contributed by atoms with van der Waals surface area (Å²) in [7, 11) is 0. The maximum atomic E-state index is 6.80. The van der Waals surface area contributed by atoms with Crippen molar-refractivity contribution in [1.29, 1.82) is 0 Å². The van der Waals surface area contributed by atoms with Gasteiger partial charge in [-0.25, -0.2) is 0 Å². The molecule has 4 aliphatic heterocycles. The van der Waals surface area contributed by atoms with Crippen LogP contribution < -0.4 is 19.3 Å². The van der Waals surface area contributed by atoms with Gasteiger partial charge in [0.15, 0.2) is 0 Å². The van der Waals surface area contributed by atoms with E-state index in [9.17, 15) is 0 Å². The summed E-state index contributed by atoms with van der Waals surface area (Å²) in [6, 6.07) is 203. The Balaban J connectivity index is 0.000000135. The molecule has 0 fully saturated rings. The highest BCUT2D eigenvalue weighted by molar-refractivity contribution is 7.99. The molecule has 0 N–H and O–H groups in total. The summed E-state index contributed by atoms with van der Waals surface area (Å²) in [5.41, 5.74) is 44.0. The first kappa shape index (κ1) is 86.0. The number of rotatable bonds is 10. The molecule has 0 atom stereocenters. The number of benzene rings is 24. The number of anilines is 6. The first-order chi connectivity index (χ1) is 74.4. The van der Waals surface area contributed by atoms with Gasteiger partial charge in [-0.05, 0) is 265 Å². The van der Waals surface area contributed by atoms with E-state index in [2.05, 4.69) is 556 Å². The molecule has 0 amide bonds. The van der Waals surface area contributed by atoms with Gasteiger partial charge in [-0.3, -0.25) is 0 Å². The van der Waals surface area contributed by atoms with Crippen molar-refractivity contribution in [3.05, 3.63) is 635 Å². The van der Waals surface area contributed by atoms with Gasteiger partial charge in [-0.2, -0.15) is 0 Å². The summed E-state index contributed by atoms with van der Waals surface area (Å²) in [6.07, 6.45) is 0. The highest BCUT2D eigenvalue weighted by Gasteiger charge is 2.57. The Morgan fingerprint density at radius 2 is 0.447 bits per heavy atom. The van der Waals surface area contributed by atoms with Crippen molar-refractivity contribution in [3.8, 4) is 112 Å². The van der Waals surface area contributed by atoms with Crippen LogP contribution in [0, 0.1) is 0 Å². The molecule has 4 spiro atoms. The highest BCUT2D eigenvalue weighted by Crippen LogP contribution is 2.71. The van der Waals surface area contributed by atoms with Gasteiger partial charge >= 0.3 is 0 Å². The zero-order valence-electron chi connectivity index (χ0n) is 81.5. The standard InChI is InChI=1S/2C72H45NOS/c1-2-20-46(21-3-1)47-40-42-48(43-41-47)50-23-6-13-33-63(50)73(65-35-19-32-61-70(65)52-25-5-8-27-56(52)71(61)57-28-9-14-36-66(57)74-67-37-15-10-29-58(67)71)64-34-18-22-49-44-54-51-24-4-7-26-55(51)72(62(54)45-53(49)64)59-30-11-16-38-68(59)75-69-39-17-12-31-60(69)72;1-2-19-46(20-3-1)47-37-39-48(40-38-47)52-21-6-13-31-64(52)73(65-32-18-30-62-70(65)54-23-5-8-25-57(54)71(62)58-26-9-14-33-66(58)74-67-34-15-10-27-59(67)71)51-42-41-49-44-55-53-22-4-7-24-56(53)72(63(55)45-50(49)43-51)60-28-11-16-35-68(60)75-69-36-17-12-29-61(69)72/h2*1-45H. The van der Waals surface area contributed by atoms with Gasteiger partial charge in [0.05, 0.1) is 50.1 Å². The molecule has 24 aromatic carbocycles. The normalized spacial score (nSPS) is 14.1. The number of hydrogen-bond acceptors (Lipinski definition) is 6. The molecule has 700 valence electrons. The molecule has 0 saturated heterocycles. The van der Waals surface area contributed by atoms with Gasteiger partial charge in [0.1, 0.15) is 23.0 Å². The predicted octanol–water partition coefficient (Wildman–Crippen LogP) is 37.9. The first-order valence-electron chi connectivity index (χ1n) is 51.8. The van der Waals surface area contributed by atoms with Gasteiger partial charge in [0.2, 0.25) is 0 Å². The van der Waals surface area contributed by atoms with Gasteiger partial charge in [0, 0.05) is 75.2 Å². The number of fused-ring (bicyclic) bond motifs is 38. The van der Waals surface area contributed by atoms with Crippen LogP contribution in [0.3, 0.4) is 0 Å². The average Bonchev–Trinajstić information content (AvgIpc) is 1.52. The molecule has 24 aromatic rings. The molecular weight excluding hydrogens is 1850 g/mol. The Hall–Kier alpha value is -18.3. The van der Waals surface area contributed by atoms with Gasteiger partial charge in [0.25, 0.3) is 0 Å². The highest BCUT2D eigenvalue weighted by atomic mass is 32.2. The van der Waals surface area contributed by atoms with Gasteiger partial charge in [-0.1, -0.05) is 454 Å². The van der Waals surface area contributed by atoms with E-state index < -0.39 is 21.7 Å². The number of para-hydroxylation sites is 6. The van der Waals surface area contributed by atoms with E-state index in [1.54, 1.807) is 0 Å². The van der Waals surface area contributed by atoms with Crippen LogP contribution in [0.1, 0.15) is 89.0 Å². The third-order valence-electron chi connectivity index (χ3n) is 33.2. The Labute approximate surface area is 879 Å². The van der Waals surface area contributed by atoms with Crippen molar-refractivity contribution < 1.29 is 9.47 Å². The van der Waals surface area contributed by atoms with Crippen molar-refractivity contribution in [2.45, 2.75) is 41.2 Å². The van der Waals surface area contributed by atoms with E-state index in [4.69, 9.17) is 9.47 Å². The van der Waals surface area contributed by atoms with Crippen LogP contribution in [0.5, 0.6) is 23.0 Å². The Morgan fingerprint density at radius 3 is 0.880 bits per heavy atom. The third-order valence-corrected chi connectivity index (χ3v) is 35.5. The van der Waals surface area contributed by atoms with E-state index in [-0.39, 0.29) is 0 Å². The van der Waals surface area contributed by atoms with Crippen molar-refractivity contribution >= 4 is 79.2 Å². The minimum Gasteiger partial charge on any atom is -0.457 e. The summed E-state index contributed by atoms with van der Waals surface area (Å²) >= 11 is 3.78. The van der Waals surface area contributed by atoms with Crippen LogP contribution in [-0.4, -0.2) is 0 Å². The predicted molar refractivity (Wildman–Crippen MR) is 617 cm³/mol. The van der Waals surface area contributed by atoms with Crippen LogP contribution >= 0.6 is 23.5 Å². The SMILES string of the molecule is c1ccc(-c2ccc(-c3ccccc3N(c3ccc4cc5c(cc4c3)C3(c4ccccc4Sc4ccccc43)c3ccccc3-5)c3cccc4c3-c3ccccc3C43c4ccccc4Oc4ccccc43)cc2)cc1.c1ccc(-c2ccc(-c3ccccc3N(c3cccc4c3-c3ccccc3C43c4ccccc4Oc4ccccc43)c3cccc4cc5c(cc34)C3(c4ccccc4Sc4ccccc43)c3ccccc3-5)cc2)cc1. The molecule has 0 saturated carbocycles. The van der Waals surface area contributed by atoms with Crippen molar-refractivity contribution in [2.24, 2.45) is 0 Å². The topological polar surface area (TPSA) is 24.9 Å². The third kappa shape index (κ3) is 12.3. The molecule has 4 aliphatic carbocycles. The summed E-state index contributed by atoms with van der Waals surface area (Å²) in [6.45, 7) is 0. The lowest BCUT2D eigenvalue weighted by molar-refractivity contribution is 0.436. The van der Waals surface area contributed by atoms with E-state index in [1.807, 2.05) is 23.5 Å². The maximum absolute atomic E-state index is 6.80. The number of ether oxygens (including phenoxy) is 2. The monoisotopic (exact) mass is 1940 g/mol.